The van der Waals surface area contributed by atoms with E-state index >= 15 is 0 Å². The van der Waals surface area contributed by atoms with E-state index in [-0.39, 0.29) is 18.4 Å². The summed E-state index contributed by atoms with van der Waals surface area (Å²) in [6, 6.07) is 9.83. The minimum Gasteiger partial charge on any atom is -0.481 e. The van der Waals surface area contributed by atoms with E-state index in [2.05, 4.69) is 45.3 Å². The minimum absolute atomic E-state index is 0.148. The van der Waals surface area contributed by atoms with Gasteiger partial charge in [0, 0.05) is 29.4 Å². The van der Waals surface area contributed by atoms with E-state index < -0.39 is 0 Å². The first-order valence-electron chi connectivity index (χ1n) is 9.51. The third-order valence-corrected chi connectivity index (χ3v) is 5.44. The van der Waals surface area contributed by atoms with Crippen LogP contribution in [0.5, 0.6) is 5.75 Å². The van der Waals surface area contributed by atoms with Crippen LogP contribution in [0.4, 0.5) is 5.69 Å². The number of carbonyl (C=O) groups is 2. The Morgan fingerprint density at radius 2 is 1.77 bits per heavy atom. The Kier molecular flexibility index (Phi) is 9.91. The van der Waals surface area contributed by atoms with Crippen LogP contribution in [0.25, 0.3) is 0 Å². The van der Waals surface area contributed by atoms with Crippen LogP contribution < -0.4 is 15.4 Å². The molecular formula is C21H24BrCl2N3O3. The first-order chi connectivity index (χ1) is 14.3. The molecule has 0 aliphatic carbocycles. The van der Waals surface area contributed by atoms with Gasteiger partial charge in [-0.1, -0.05) is 37.0 Å². The van der Waals surface area contributed by atoms with Gasteiger partial charge in [-0.25, -0.2) is 0 Å². The molecule has 2 N–H and O–H groups in total. The smallest absolute Gasteiger partial charge is 0.262 e. The number of anilines is 1. The fourth-order valence-corrected chi connectivity index (χ4v) is 4.04. The van der Waals surface area contributed by atoms with Crippen molar-refractivity contribution in [2.45, 2.75) is 13.8 Å². The summed E-state index contributed by atoms with van der Waals surface area (Å²) in [5.41, 5.74) is 1.09. The zero-order chi connectivity index (χ0) is 22.1. The molecule has 9 heteroatoms. The summed E-state index contributed by atoms with van der Waals surface area (Å²) in [6.45, 7) is 7.24. The number of halogens is 3. The number of ether oxygens (including phenoxy) is 1. The summed E-state index contributed by atoms with van der Waals surface area (Å²) < 4.78 is 6.04. The quantitative estimate of drug-likeness (QED) is 0.473. The molecule has 0 radical (unpaired) electrons. The van der Waals surface area contributed by atoms with E-state index in [0.717, 1.165) is 19.6 Å². The van der Waals surface area contributed by atoms with Crippen molar-refractivity contribution in [3.8, 4) is 5.75 Å². The lowest BCUT2D eigenvalue weighted by molar-refractivity contribution is -0.118. The summed E-state index contributed by atoms with van der Waals surface area (Å²) in [5.74, 6) is -0.164. The van der Waals surface area contributed by atoms with Gasteiger partial charge >= 0.3 is 0 Å². The van der Waals surface area contributed by atoms with Gasteiger partial charge in [-0.15, -0.1) is 0 Å². The molecule has 2 amide bonds. The maximum absolute atomic E-state index is 12.2. The number of rotatable bonds is 10. The van der Waals surface area contributed by atoms with Crippen LogP contribution in [-0.4, -0.2) is 49.5 Å². The minimum atomic E-state index is -0.357. The molecule has 2 rings (SSSR count). The van der Waals surface area contributed by atoms with Crippen LogP contribution in [-0.2, 0) is 4.79 Å². The monoisotopic (exact) mass is 515 g/mol. The Bertz CT molecular complexity index is 851. The van der Waals surface area contributed by atoms with Crippen molar-refractivity contribution in [2.75, 3.05) is 38.1 Å². The van der Waals surface area contributed by atoms with Gasteiger partial charge in [0.25, 0.3) is 11.8 Å². The van der Waals surface area contributed by atoms with Crippen LogP contribution in [0.3, 0.4) is 0 Å². The van der Waals surface area contributed by atoms with E-state index in [1.54, 1.807) is 30.3 Å². The third kappa shape index (κ3) is 7.47. The highest BCUT2D eigenvalue weighted by atomic mass is 79.9. The van der Waals surface area contributed by atoms with Crippen molar-refractivity contribution in [2.24, 2.45) is 0 Å². The molecule has 0 heterocycles. The van der Waals surface area contributed by atoms with Crippen LogP contribution >= 0.6 is 39.1 Å². The zero-order valence-corrected chi connectivity index (χ0v) is 19.9. The van der Waals surface area contributed by atoms with Crippen LogP contribution in [0.15, 0.2) is 40.9 Å². The molecule has 0 bridgehead atoms. The maximum Gasteiger partial charge on any atom is 0.262 e. The number of likely N-dealkylation sites (N-methyl/N-ethyl adjacent to an activating group) is 1. The van der Waals surface area contributed by atoms with E-state index in [1.165, 1.54) is 6.07 Å². The summed E-state index contributed by atoms with van der Waals surface area (Å²) in [5, 5.41) is 6.38. The molecule has 0 atom stereocenters. The van der Waals surface area contributed by atoms with Crippen LogP contribution in [0.2, 0.25) is 10.0 Å². The first kappa shape index (κ1) is 24.5. The molecule has 2 aromatic carbocycles. The molecule has 0 aliphatic heterocycles. The highest BCUT2D eigenvalue weighted by Crippen LogP contribution is 2.36. The largest absolute Gasteiger partial charge is 0.481 e. The summed E-state index contributed by atoms with van der Waals surface area (Å²) in [7, 11) is 0. The van der Waals surface area contributed by atoms with Gasteiger partial charge in [0.05, 0.1) is 9.50 Å². The molecule has 0 saturated heterocycles. The molecule has 6 nitrogen and oxygen atoms in total. The second-order valence-corrected chi connectivity index (χ2v) is 8.09. The average molecular weight is 517 g/mol. The van der Waals surface area contributed by atoms with Crippen molar-refractivity contribution in [3.63, 3.8) is 0 Å². The summed E-state index contributed by atoms with van der Waals surface area (Å²) in [4.78, 5) is 26.6. The number of hydrogen-bond acceptors (Lipinski definition) is 4. The van der Waals surface area contributed by atoms with Gasteiger partial charge in [0.1, 0.15) is 0 Å². The number of amides is 2. The Hall–Kier alpha value is -1.80. The van der Waals surface area contributed by atoms with Crippen LogP contribution in [0.1, 0.15) is 24.2 Å². The Morgan fingerprint density at radius 3 is 2.37 bits per heavy atom. The van der Waals surface area contributed by atoms with Crippen molar-refractivity contribution < 1.29 is 14.3 Å². The average Bonchev–Trinajstić information content (AvgIpc) is 2.70. The predicted molar refractivity (Wildman–Crippen MR) is 125 cm³/mol. The SMILES string of the molecule is CCN(CC)CCNC(=O)c1ccc(NC(=O)COc2c(Cl)cc(Cl)cc2Br)cc1. The molecule has 2 aromatic rings. The number of hydrogen-bond donors (Lipinski definition) is 2. The van der Waals surface area contributed by atoms with E-state index in [4.69, 9.17) is 27.9 Å². The van der Waals surface area contributed by atoms with E-state index in [1.807, 2.05) is 0 Å². The summed E-state index contributed by atoms with van der Waals surface area (Å²) in [6.07, 6.45) is 0. The second kappa shape index (κ2) is 12.2. The van der Waals surface area contributed by atoms with Crippen molar-refractivity contribution in [3.05, 3.63) is 56.5 Å². The Balaban J connectivity index is 1.83. The fraction of sp³-hybridized carbons (Fsp3) is 0.333. The first-order valence-corrected chi connectivity index (χ1v) is 11.1. The third-order valence-electron chi connectivity index (χ3n) is 4.35. The van der Waals surface area contributed by atoms with Gasteiger partial charge < -0.3 is 20.3 Å². The fourth-order valence-electron chi connectivity index (χ4n) is 2.68. The van der Waals surface area contributed by atoms with Gasteiger partial charge in [0.15, 0.2) is 12.4 Å². The zero-order valence-electron chi connectivity index (χ0n) is 16.8. The van der Waals surface area contributed by atoms with Crippen molar-refractivity contribution in [1.29, 1.82) is 0 Å². The van der Waals surface area contributed by atoms with Gasteiger partial charge in [-0.2, -0.15) is 0 Å². The lowest BCUT2D eigenvalue weighted by atomic mass is 10.2. The molecule has 0 aromatic heterocycles. The normalized spacial score (nSPS) is 10.7. The number of benzene rings is 2. The number of nitrogens with one attached hydrogen (secondary N) is 2. The van der Waals surface area contributed by atoms with Gasteiger partial charge in [-0.05, 0) is 65.4 Å². The van der Waals surface area contributed by atoms with E-state index in [0.29, 0.717) is 38.1 Å². The van der Waals surface area contributed by atoms with Gasteiger partial charge in [0.2, 0.25) is 0 Å². The predicted octanol–water partition coefficient (Wildman–Crippen LogP) is 4.85. The molecular weight excluding hydrogens is 493 g/mol. The molecule has 0 spiro atoms. The number of nitrogens with zero attached hydrogens (tertiary/aromatic N) is 1. The van der Waals surface area contributed by atoms with E-state index in [9.17, 15) is 9.59 Å². The molecule has 0 fully saturated rings. The standard InChI is InChI=1S/C21H24BrCl2N3O3/c1-3-27(4-2)10-9-25-21(29)14-5-7-16(8-6-14)26-19(28)13-30-20-17(22)11-15(23)12-18(20)24/h5-8,11-12H,3-4,9-10,13H2,1-2H3,(H,25,29)(H,26,28). The molecule has 0 unspecified atom stereocenters. The molecule has 30 heavy (non-hydrogen) atoms. The lowest BCUT2D eigenvalue weighted by Crippen LogP contribution is -2.34. The Morgan fingerprint density at radius 1 is 1.10 bits per heavy atom. The molecule has 0 aliphatic rings. The maximum atomic E-state index is 12.2. The van der Waals surface area contributed by atoms with Gasteiger partial charge in [-0.3, -0.25) is 9.59 Å². The molecule has 0 saturated carbocycles. The topological polar surface area (TPSA) is 70.7 Å². The van der Waals surface area contributed by atoms with Crippen LogP contribution in [0, 0.1) is 0 Å². The highest BCUT2D eigenvalue weighted by Gasteiger charge is 2.12. The highest BCUT2D eigenvalue weighted by molar-refractivity contribution is 9.10. The lowest BCUT2D eigenvalue weighted by Gasteiger charge is -2.18. The number of carbonyl (C=O) groups excluding carboxylic acids is 2. The summed E-state index contributed by atoms with van der Waals surface area (Å²) >= 11 is 15.3. The second-order valence-electron chi connectivity index (χ2n) is 6.40. The van der Waals surface area contributed by atoms with Crippen molar-refractivity contribution in [1.82, 2.24) is 10.2 Å². The van der Waals surface area contributed by atoms with Crippen molar-refractivity contribution >= 4 is 56.6 Å². The Labute approximate surface area is 195 Å². The molecule has 162 valence electrons.